The fourth-order valence-corrected chi connectivity index (χ4v) is 2.34. The van der Waals surface area contributed by atoms with Crippen LogP contribution >= 0.6 is 0 Å². The lowest BCUT2D eigenvalue weighted by Crippen LogP contribution is -2.21. The fraction of sp³-hybridized carbons (Fsp3) is 0.381. The summed E-state index contributed by atoms with van der Waals surface area (Å²) in [5, 5.41) is 0. The van der Waals surface area contributed by atoms with E-state index in [2.05, 4.69) is 62.4 Å². The Hall–Kier alpha value is -1.89. The first-order valence-electron chi connectivity index (χ1n) is 8.00. The van der Waals surface area contributed by atoms with Crippen molar-refractivity contribution in [3.8, 4) is 11.1 Å². The van der Waals surface area contributed by atoms with Crippen LogP contribution in [0.5, 0.6) is 0 Å². The molecule has 1 nitrogen and oxygen atoms in total. The highest BCUT2D eigenvalue weighted by molar-refractivity contribution is 5.85. The number of hydrogen-bond donors (Lipinski definition) is 0. The number of hydrogen-bond acceptors (Lipinski definition) is 1. The van der Waals surface area contributed by atoms with Crippen LogP contribution in [0.4, 0.5) is 0 Å². The van der Waals surface area contributed by atoms with Gasteiger partial charge in [-0.25, -0.2) is 0 Å². The van der Waals surface area contributed by atoms with E-state index in [1.807, 2.05) is 20.8 Å². The van der Waals surface area contributed by atoms with Crippen LogP contribution in [-0.2, 0) is 11.2 Å². The highest BCUT2D eigenvalue weighted by atomic mass is 16.1. The average molecular weight is 294 g/mol. The Bertz CT molecular complexity index is 642. The molecule has 116 valence electrons. The maximum absolute atomic E-state index is 12.1. The van der Waals surface area contributed by atoms with Crippen molar-refractivity contribution in [2.45, 2.75) is 47.0 Å². The molecule has 22 heavy (non-hydrogen) atoms. The zero-order chi connectivity index (χ0) is 16.3. The van der Waals surface area contributed by atoms with E-state index >= 15 is 0 Å². The van der Waals surface area contributed by atoms with Crippen LogP contribution in [0.25, 0.3) is 11.1 Å². The summed E-state index contributed by atoms with van der Waals surface area (Å²) in [6.45, 7) is 10.3. The molecule has 0 saturated heterocycles. The van der Waals surface area contributed by atoms with Crippen LogP contribution in [-0.4, -0.2) is 5.78 Å². The van der Waals surface area contributed by atoms with Crippen LogP contribution in [0.15, 0.2) is 48.5 Å². The SMILES string of the molecule is CC(C)c1cccc(-c2ccc(CC(=O)C(C)(C)C)cc2)c1. The summed E-state index contributed by atoms with van der Waals surface area (Å²) in [4.78, 5) is 12.1. The van der Waals surface area contributed by atoms with Crippen LogP contribution in [0.1, 0.15) is 51.7 Å². The second-order valence-electron chi connectivity index (χ2n) is 7.33. The number of benzene rings is 2. The van der Waals surface area contributed by atoms with E-state index in [-0.39, 0.29) is 11.2 Å². The molecule has 0 unspecified atom stereocenters. The van der Waals surface area contributed by atoms with Crippen molar-refractivity contribution >= 4 is 5.78 Å². The molecule has 0 amide bonds. The monoisotopic (exact) mass is 294 g/mol. The van der Waals surface area contributed by atoms with E-state index in [4.69, 9.17) is 0 Å². The minimum Gasteiger partial charge on any atom is -0.299 e. The third-order valence-electron chi connectivity index (χ3n) is 4.04. The van der Waals surface area contributed by atoms with Crippen molar-refractivity contribution in [3.63, 3.8) is 0 Å². The number of carbonyl (C=O) groups is 1. The van der Waals surface area contributed by atoms with Gasteiger partial charge in [-0.15, -0.1) is 0 Å². The molecule has 0 aromatic heterocycles. The predicted molar refractivity (Wildman–Crippen MR) is 94.1 cm³/mol. The normalized spacial score (nSPS) is 11.7. The first-order chi connectivity index (χ1) is 10.3. The number of Topliss-reactive ketones (excluding diaryl/α,β-unsaturated/α-hetero) is 1. The maximum atomic E-state index is 12.1. The molecule has 2 aromatic rings. The van der Waals surface area contributed by atoms with Gasteiger partial charge in [0.25, 0.3) is 0 Å². The van der Waals surface area contributed by atoms with Crippen molar-refractivity contribution in [2.24, 2.45) is 5.41 Å². The van der Waals surface area contributed by atoms with E-state index in [0.29, 0.717) is 12.3 Å². The van der Waals surface area contributed by atoms with E-state index in [1.54, 1.807) is 0 Å². The third kappa shape index (κ3) is 4.07. The highest BCUT2D eigenvalue weighted by Crippen LogP contribution is 2.25. The van der Waals surface area contributed by atoms with Crippen molar-refractivity contribution in [1.82, 2.24) is 0 Å². The van der Waals surface area contributed by atoms with Crippen molar-refractivity contribution in [1.29, 1.82) is 0 Å². The number of rotatable bonds is 4. The summed E-state index contributed by atoms with van der Waals surface area (Å²) in [5.41, 5.74) is 4.60. The Morgan fingerprint density at radius 1 is 0.955 bits per heavy atom. The standard InChI is InChI=1S/C21H26O/c1-15(2)18-7-6-8-19(14-18)17-11-9-16(10-12-17)13-20(22)21(3,4)5/h6-12,14-15H,13H2,1-5H3. The van der Waals surface area contributed by atoms with Crippen LogP contribution in [0, 0.1) is 5.41 Å². The molecular formula is C21H26O. The van der Waals surface area contributed by atoms with Crippen molar-refractivity contribution in [2.75, 3.05) is 0 Å². The van der Waals surface area contributed by atoms with E-state index in [0.717, 1.165) is 5.56 Å². The largest absolute Gasteiger partial charge is 0.299 e. The molecule has 1 heteroatoms. The van der Waals surface area contributed by atoms with Crippen LogP contribution in [0.2, 0.25) is 0 Å². The molecule has 0 atom stereocenters. The molecule has 0 aliphatic carbocycles. The molecule has 0 saturated carbocycles. The van der Waals surface area contributed by atoms with Gasteiger partial charge >= 0.3 is 0 Å². The molecule has 0 radical (unpaired) electrons. The van der Waals surface area contributed by atoms with Gasteiger partial charge < -0.3 is 0 Å². The second kappa shape index (κ2) is 6.48. The Labute approximate surface area is 134 Å². The lowest BCUT2D eigenvalue weighted by Gasteiger charge is -2.16. The van der Waals surface area contributed by atoms with Gasteiger partial charge in [0.1, 0.15) is 5.78 Å². The van der Waals surface area contributed by atoms with Gasteiger partial charge in [0.15, 0.2) is 0 Å². The lowest BCUT2D eigenvalue weighted by molar-refractivity contribution is -0.125. The summed E-state index contributed by atoms with van der Waals surface area (Å²) >= 11 is 0. The van der Waals surface area contributed by atoms with Gasteiger partial charge in [-0.3, -0.25) is 4.79 Å². The Morgan fingerprint density at radius 2 is 1.59 bits per heavy atom. The lowest BCUT2D eigenvalue weighted by atomic mass is 9.87. The van der Waals surface area contributed by atoms with Crippen molar-refractivity contribution in [3.05, 3.63) is 59.7 Å². The number of ketones is 1. The zero-order valence-electron chi connectivity index (χ0n) is 14.3. The molecule has 2 rings (SSSR count). The molecular weight excluding hydrogens is 268 g/mol. The summed E-state index contributed by atoms with van der Waals surface area (Å²) < 4.78 is 0. The second-order valence-corrected chi connectivity index (χ2v) is 7.33. The quantitative estimate of drug-likeness (QED) is 0.713. The van der Waals surface area contributed by atoms with Gasteiger partial charge in [0.05, 0.1) is 0 Å². The first kappa shape index (κ1) is 16.5. The minimum atomic E-state index is -0.274. The molecule has 0 heterocycles. The van der Waals surface area contributed by atoms with Gasteiger partial charge in [-0.1, -0.05) is 83.1 Å². The summed E-state index contributed by atoms with van der Waals surface area (Å²) in [6, 6.07) is 17.0. The van der Waals surface area contributed by atoms with Crippen molar-refractivity contribution < 1.29 is 4.79 Å². The third-order valence-corrected chi connectivity index (χ3v) is 4.04. The summed E-state index contributed by atoms with van der Waals surface area (Å²) in [7, 11) is 0. The number of carbonyl (C=O) groups excluding carboxylic acids is 1. The molecule has 0 fully saturated rings. The van der Waals surface area contributed by atoms with E-state index in [1.165, 1.54) is 16.7 Å². The molecule has 0 bridgehead atoms. The fourth-order valence-electron chi connectivity index (χ4n) is 2.34. The zero-order valence-corrected chi connectivity index (χ0v) is 14.3. The Morgan fingerprint density at radius 3 is 2.14 bits per heavy atom. The Kier molecular flexibility index (Phi) is 4.85. The van der Waals surface area contributed by atoms with Gasteiger partial charge in [0, 0.05) is 11.8 Å². The van der Waals surface area contributed by atoms with Gasteiger partial charge in [0.2, 0.25) is 0 Å². The molecule has 2 aromatic carbocycles. The highest BCUT2D eigenvalue weighted by Gasteiger charge is 2.20. The minimum absolute atomic E-state index is 0.274. The van der Waals surface area contributed by atoms with Gasteiger partial charge in [-0.2, -0.15) is 0 Å². The topological polar surface area (TPSA) is 17.1 Å². The predicted octanol–water partition coefficient (Wildman–Crippen LogP) is 5.63. The molecule has 0 aliphatic rings. The maximum Gasteiger partial charge on any atom is 0.142 e. The van der Waals surface area contributed by atoms with E-state index < -0.39 is 0 Å². The van der Waals surface area contributed by atoms with Gasteiger partial charge in [-0.05, 0) is 28.2 Å². The molecule has 0 spiro atoms. The molecule has 0 aliphatic heterocycles. The van der Waals surface area contributed by atoms with Crippen LogP contribution < -0.4 is 0 Å². The van der Waals surface area contributed by atoms with Crippen LogP contribution in [0.3, 0.4) is 0 Å². The first-order valence-corrected chi connectivity index (χ1v) is 8.00. The summed E-state index contributed by atoms with van der Waals surface area (Å²) in [5.74, 6) is 0.811. The van der Waals surface area contributed by atoms with E-state index in [9.17, 15) is 4.79 Å². The Balaban J connectivity index is 2.19. The average Bonchev–Trinajstić information content (AvgIpc) is 2.47. The molecule has 0 N–H and O–H groups in total. The summed E-state index contributed by atoms with van der Waals surface area (Å²) in [6.07, 6.45) is 0.510. The smallest absolute Gasteiger partial charge is 0.142 e.